The van der Waals surface area contributed by atoms with Gasteiger partial charge in [0.15, 0.2) is 5.15 Å². The monoisotopic (exact) mass is 260 g/mol. The van der Waals surface area contributed by atoms with E-state index in [2.05, 4.69) is 4.98 Å². The SMILES string of the molecule is COc1ccc(N2CC(Cl)CC2=O)c(Cl)n1. The number of pyridine rings is 1. The Bertz CT molecular complexity index is 425. The van der Waals surface area contributed by atoms with Crippen molar-refractivity contribution < 1.29 is 9.53 Å². The van der Waals surface area contributed by atoms with Crippen LogP contribution in [0.25, 0.3) is 0 Å². The third-order valence-electron chi connectivity index (χ3n) is 2.38. The first-order valence-corrected chi connectivity index (χ1v) is 5.58. The van der Waals surface area contributed by atoms with Gasteiger partial charge in [-0.25, -0.2) is 0 Å². The number of ether oxygens (including phenoxy) is 1. The molecule has 1 aliphatic rings. The largest absolute Gasteiger partial charge is 0.481 e. The zero-order chi connectivity index (χ0) is 11.7. The lowest BCUT2D eigenvalue weighted by molar-refractivity contribution is -0.117. The highest BCUT2D eigenvalue weighted by atomic mass is 35.5. The van der Waals surface area contributed by atoms with E-state index in [0.717, 1.165) is 0 Å². The molecule has 1 aromatic rings. The lowest BCUT2D eigenvalue weighted by Crippen LogP contribution is -2.25. The lowest BCUT2D eigenvalue weighted by Gasteiger charge is -2.16. The summed E-state index contributed by atoms with van der Waals surface area (Å²) < 4.78 is 4.94. The highest BCUT2D eigenvalue weighted by molar-refractivity contribution is 6.33. The molecule has 1 amide bonds. The summed E-state index contributed by atoms with van der Waals surface area (Å²) in [6.07, 6.45) is 0.337. The van der Waals surface area contributed by atoms with Crippen LogP contribution in [0.15, 0.2) is 12.1 Å². The second-order valence-electron chi connectivity index (χ2n) is 3.47. The summed E-state index contributed by atoms with van der Waals surface area (Å²) >= 11 is 11.9. The van der Waals surface area contributed by atoms with Crippen molar-refractivity contribution in [2.75, 3.05) is 18.6 Å². The number of methoxy groups -OCH3 is 1. The molecule has 0 N–H and O–H groups in total. The van der Waals surface area contributed by atoms with Crippen LogP contribution >= 0.6 is 23.2 Å². The molecule has 1 aromatic heterocycles. The molecule has 0 aliphatic carbocycles. The normalized spacial score (nSPS) is 20.3. The van der Waals surface area contributed by atoms with E-state index >= 15 is 0 Å². The number of aromatic nitrogens is 1. The van der Waals surface area contributed by atoms with Crippen LogP contribution < -0.4 is 9.64 Å². The zero-order valence-corrected chi connectivity index (χ0v) is 10.1. The van der Waals surface area contributed by atoms with Crippen LogP contribution in [0.4, 0.5) is 5.69 Å². The standard InChI is InChI=1S/C10H10Cl2N2O2/c1-16-8-3-2-7(10(12)13-8)14-5-6(11)4-9(14)15/h2-3,6H,4-5H2,1H3. The van der Waals surface area contributed by atoms with Crippen molar-refractivity contribution in [3.8, 4) is 5.88 Å². The second kappa shape index (κ2) is 4.47. The molecule has 0 saturated carbocycles. The fourth-order valence-electron chi connectivity index (χ4n) is 1.62. The number of hydrogen-bond donors (Lipinski definition) is 0. The number of alkyl halides is 1. The summed E-state index contributed by atoms with van der Waals surface area (Å²) in [5.41, 5.74) is 0.579. The predicted molar refractivity (Wildman–Crippen MR) is 62.4 cm³/mol. The third kappa shape index (κ3) is 2.08. The van der Waals surface area contributed by atoms with Crippen molar-refractivity contribution in [3.63, 3.8) is 0 Å². The van der Waals surface area contributed by atoms with Crippen LogP contribution in [0.3, 0.4) is 0 Å². The molecule has 0 bridgehead atoms. The van der Waals surface area contributed by atoms with Gasteiger partial charge in [0.25, 0.3) is 0 Å². The van der Waals surface area contributed by atoms with Gasteiger partial charge in [0, 0.05) is 19.0 Å². The molecule has 1 saturated heterocycles. The van der Waals surface area contributed by atoms with Crippen molar-refractivity contribution in [3.05, 3.63) is 17.3 Å². The van der Waals surface area contributed by atoms with E-state index in [0.29, 0.717) is 24.5 Å². The number of rotatable bonds is 2. The van der Waals surface area contributed by atoms with Crippen LogP contribution in [0, 0.1) is 0 Å². The fourth-order valence-corrected chi connectivity index (χ4v) is 2.14. The molecule has 0 spiro atoms. The molecule has 0 radical (unpaired) electrons. The number of anilines is 1. The zero-order valence-electron chi connectivity index (χ0n) is 8.61. The van der Waals surface area contributed by atoms with Crippen molar-refractivity contribution >= 4 is 34.8 Å². The molecule has 1 unspecified atom stereocenters. The van der Waals surface area contributed by atoms with Gasteiger partial charge in [-0.2, -0.15) is 4.98 Å². The van der Waals surface area contributed by atoms with Crippen LogP contribution in [-0.4, -0.2) is 29.9 Å². The van der Waals surface area contributed by atoms with Crippen LogP contribution in [-0.2, 0) is 4.79 Å². The first kappa shape index (κ1) is 11.5. The minimum absolute atomic E-state index is 0.0335. The maximum absolute atomic E-state index is 11.6. The van der Waals surface area contributed by atoms with Gasteiger partial charge in [0.2, 0.25) is 11.8 Å². The highest BCUT2D eigenvalue weighted by Crippen LogP contribution is 2.30. The Morgan fingerprint density at radius 3 is 2.81 bits per heavy atom. The molecule has 4 nitrogen and oxygen atoms in total. The number of halogens is 2. The Balaban J connectivity index is 2.30. The molecule has 1 fully saturated rings. The molecule has 2 heterocycles. The van der Waals surface area contributed by atoms with E-state index in [1.165, 1.54) is 7.11 Å². The van der Waals surface area contributed by atoms with E-state index < -0.39 is 0 Å². The van der Waals surface area contributed by atoms with Crippen LogP contribution in [0.5, 0.6) is 5.88 Å². The summed E-state index contributed by atoms with van der Waals surface area (Å²) in [5, 5.41) is 0.0872. The van der Waals surface area contributed by atoms with Crippen molar-refractivity contribution in [1.29, 1.82) is 0 Å². The van der Waals surface area contributed by atoms with Crippen LogP contribution in [0.2, 0.25) is 5.15 Å². The van der Waals surface area contributed by atoms with Gasteiger partial charge in [-0.1, -0.05) is 11.6 Å². The molecule has 86 valence electrons. The minimum atomic E-state index is -0.161. The predicted octanol–water partition coefficient (Wildman–Crippen LogP) is 2.09. The van der Waals surface area contributed by atoms with Gasteiger partial charge < -0.3 is 9.64 Å². The molecule has 1 atom stereocenters. The average Bonchev–Trinajstić information content (AvgIpc) is 2.57. The van der Waals surface area contributed by atoms with Gasteiger partial charge in [-0.15, -0.1) is 11.6 Å². The van der Waals surface area contributed by atoms with Gasteiger partial charge in [0.1, 0.15) is 0 Å². The van der Waals surface area contributed by atoms with E-state index in [1.807, 2.05) is 0 Å². The number of nitrogens with zero attached hydrogens (tertiary/aromatic N) is 2. The first-order chi connectivity index (χ1) is 7.61. The Hall–Kier alpha value is -1.00. The van der Waals surface area contributed by atoms with Gasteiger partial charge in [0.05, 0.1) is 18.2 Å². The Morgan fingerprint density at radius 1 is 1.56 bits per heavy atom. The minimum Gasteiger partial charge on any atom is -0.481 e. The Morgan fingerprint density at radius 2 is 2.31 bits per heavy atom. The second-order valence-corrected chi connectivity index (χ2v) is 4.44. The average molecular weight is 261 g/mol. The maximum atomic E-state index is 11.6. The molecule has 0 aromatic carbocycles. The summed E-state index contributed by atoms with van der Waals surface area (Å²) in [4.78, 5) is 17.2. The number of amides is 1. The third-order valence-corrected chi connectivity index (χ3v) is 2.95. The van der Waals surface area contributed by atoms with Crippen molar-refractivity contribution in [2.45, 2.75) is 11.8 Å². The number of carbonyl (C=O) groups excluding carboxylic acids is 1. The van der Waals surface area contributed by atoms with Gasteiger partial charge in [-0.05, 0) is 6.07 Å². The molecular weight excluding hydrogens is 251 g/mol. The van der Waals surface area contributed by atoms with Gasteiger partial charge >= 0.3 is 0 Å². The van der Waals surface area contributed by atoms with Gasteiger partial charge in [-0.3, -0.25) is 4.79 Å². The van der Waals surface area contributed by atoms with E-state index in [1.54, 1.807) is 17.0 Å². The molecule has 16 heavy (non-hydrogen) atoms. The van der Waals surface area contributed by atoms with Crippen molar-refractivity contribution in [2.24, 2.45) is 0 Å². The lowest BCUT2D eigenvalue weighted by atomic mass is 10.3. The summed E-state index contributed by atoms with van der Waals surface area (Å²) in [5.74, 6) is 0.386. The van der Waals surface area contributed by atoms with Crippen molar-refractivity contribution in [1.82, 2.24) is 4.98 Å². The number of hydrogen-bond acceptors (Lipinski definition) is 3. The maximum Gasteiger partial charge on any atom is 0.228 e. The topological polar surface area (TPSA) is 42.4 Å². The molecule has 1 aliphatic heterocycles. The molecule has 2 rings (SSSR count). The smallest absolute Gasteiger partial charge is 0.228 e. The van der Waals surface area contributed by atoms with Crippen LogP contribution in [0.1, 0.15) is 6.42 Å². The fraction of sp³-hybridized carbons (Fsp3) is 0.400. The highest BCUT2D eigenvalue weighted by Gasteiger charge is 2.30. The van der Waals surface area contributed by atoms with E-state index in [-0.39, 0.29) is 16.4 Å². The summed E-state index contributed by atoms with van der Waals surface area (Å²) in [7, 11) is 1.51. The van der Waals surface area contributed by atoms with E-state index in [9.17, 15) is 4.79 Å². The molecule has 6 heteroatoms. The Labute approximate surface area is 103 Å². The molecular formula is C10H10Cl2N2O2. The summed E-state index contributed by atoms with van der Waals surface area (Å²) in [6.45, 7) is 0.466. The number of carbonyl (C=O) groups is 1. The van der Waals surface area contributed by atoms with E-state index in [4.69, 9.17) is 27.9 Å². The Kier molecular flexibility index (Phi) is 3.21. The summed E-state index contributed by atoms with van der Waals surface area (Å²) in [6, 6.07) is 3.37. The first-order valence-electron chi connectivity index (χ1n) is 4.77. The quantitative estimate of drug-likeness (QED) is 0.604.